The van der Waals surface area contributed by atoms with E-state index in [0.717, 1.165) is 44.4 Å². The largest absolute Gasteiger partial charge is 0.509 e. The Balaban J connectivity index is 0.00000560. The molecule has 0 radical (unpaired) electrons. The number of aromatic nitrogens is 2. The summed E-state index contributed by atoms with van der Waals surface area (Å²) in [5, 5.41) is 2.22. The van der Waals surface area contributed by atoms with Crippen LogP contribution in [0.4, 0.5) is 17.1 Å². The van der Waals surface area contributed by atoms with Crippen LogP contribution in [0.2, 0.25) is 0 Å². The van der Waals surface area contributed by atoms with E-state index in [1.54, 1.807) is 0 Å². The third-order valence-electron chi connectivity index (χ3n) is 15.4. The molecular formula is C66H63N4OPt-3. The third-order valence-corrected chi connectivity index (χ3v) is 15.4. The molecule has 3 aliphatic rings. The van der Waals surface area contributed by atoms with Gasteiger partial charge in [0.15, 0.2) is 0 Å². The van der Waals surface area contributed by atoms with Gasteiger partial charge < -0.3 is 19.1 Å². The van der Waals surface area contributed by atoms with Crippen LogP contribution in [0.3, 0.4) is 0 Å². The van der Waals surface area contributed by atoms with Crippen molar-refractivity contribution >= 4 is 38.9 Å². The van der Waals surface area contributed by atoms with Crippen molar-refractivity contribution in [3.8, 4) is 39.6 Å². The summed E-state index contributed by atoms with van der Waals surface area (Å²) >= 11 is 0. The van der Waals surface area contributed by atoms with Gasteiger partial charge >= 0.3 is 0 Å². The van der Waals surface area contributed by atoms with Crippen LogP contribution in [0.15, 0.2) is 140 Å². The van der Waals surface area contributed by atoms with Crippen molar-refractivity contribution in [2.75, 3.05) is 16.8 Å². The predicted molar refractivity (Wildman–Crippen MR) is 295 cm³/mol. The predicted octanol–water partition coefficient (Wildman–Crippen LogP) is 16.8. The van der Waals surface area contributed by atoms with Crippen LogP contribution < -0.4 is 14.5 Å². The van der Waals surface area contributed by atoms with E-state index in [2.05, 4.69) is 245 Å². The molecule has 0 amide bonds. The van der Waals surface area contributed by atoms with Crippen LogP contribution in [0.5, 0.6) is 11.5 Å². The smallest absolute Gasteiger partial charge is 0.135 e. The van der Waals surface area contributed by atoms with E-state index in [4.69, 9.17) is 9.72 Å². The second-order valence-corrected chi connectivity index (χ2v) is 24.3. The number of hydrogen-bond donors (Lipinski definition) is 0. The van der Waals surface area contributed by atoms with Crippen LogP contribution in [0.1, 0.15) is 128 Å². The second kappa shape index (κ2) is 16.3. The molecule has 0 N–H and O–H groups in total. The Bertz CT molecular complexity index is 3570. The molecule has 6 heteroatoms. The standard InChI is InChI=1S/C66H63N4O.Pt/c1-62(2,3)41-32-47-48-33-42(63(4,5)6)35-52(65(10,11)12)60(48)66(59(47)51(34-41)64(7,8)9)49-30-29-43(36-56(49)69-39-68(13)54-27-21-25-50(66)61(54)69)71-57-38-55-46(37-45(57)40-22-15-14-16-23-40)44-24-17-18-26-53(44)70(55)58-28-19-20-31-67-58;/h14-35,37,39H,1-13H3;/q-3;. The SMILES string of the molecule is CN1[CH-]N2c3[c-]c(Oc4[c-]c5c(cc4-c4ccccc4)c4ccccc4n5-c4ccccn4)ccc3C3(c4cccc1c42)c1c(cc(C(C)(C)C)cc1C(C)(C)C)-c1cc(C(C)(C)C)cc(C(C)(C)C)c13.[Pt]. The number of hydrogen-bond acceptors (Lipinski definition) is 4. The van der Waals surface area contributed by atoms with Gasteiger partial charge in [0.05, 0.1) is 0 Å². The average Bonchev–Trinajstić information content (AvgIpc) is 3.95. The Morgan fingerprint density at radius 2 is 1.19 bits per heavy atom. The minimum Gasteiger partial charge on any atom is -0.509 e. The van der Waals surface area contributed by atoms with Crippen molar-refractivity contribution in [2.45, 2.75) is 110 Å². The van der Waals surface area contributed by atoms with Crippen molar-refractivity contribution < 1.29 is 25.8 Å². The van der Waals surface area contributed by atoms with Gasteiger partial charge in [0.25, 0.3) is 0 Å². The molecule has 12 rings (SSSR count). The molecular weight excluding hydrogens is 1060 g/mol. The van der Waals surface area contributed by atoms with E-state index in [-0.39, 0.29) is 42.7 Å². The molecule has 0 saturated heterocycles. The zero-order valence-corrected chi connectivity index (χ0v) is 46.1. The molecule has 9 aromatic rings. The van der Waals surface area contributed by atoms with Crippen molar-refractivity contribution in [2.24, 2.45) is 0 Å². The van der Waals surface area contributed by atoms with E-state index >= 15 is 0 Å². The Kier molecular flexibility index (Phi) is 10.8. The summed E-state index contributed by atoms with van der Waals surface area (Å²) in [5.41, 5.74) is 19.4. The number of rotatable bonds is 4. The van der Waals surface area contributed by atoms with Gasteiger partial charge in [0, 0.05) is 61.1 Å². The molecule has 0 atom stereocenters. The fourth-order valence-electron chi connectivity index (χ4n) is 11.9. The molecule has 0 saturated carbocycles. The molecule has 4 heterocycles. The molecule has 2 aromatic heterocycles. The van der Waals surface area contributed by atoms with Crippen LogP contribution in [-0.2, 0) is 48.1 Å². The van der Waals surface area contributed by atoms with Crippen LogP contribution >= 0.6 is 0 Å². The number of ether oxygens (including phenoxy) is 1. The number of fused-ring (bicyclic) bond motifs is 12. The van der Waals surface area contributed by atoms with Gasteiger partial charge in [0.1, 0.15) is 5.82 Å². The number of anilines is 3. The van der Waals surface area contributed by atoms with Gasteiger partial charge in [-0.3, -0.25) is 0 Å². The molecule has 2 aliphatic heterocycles. The van der Waals surface area contributed by atoms with E-state index < -0.39 is 5.41 Å². The van der Waals surface area contributed by atoms with Crippen molar-refractivity contribution in [3.05, 3.63) is 203 Å². The number of para-hydroxylation sites is 2. The van der Waals surface area contributed by atoms with Gasteiger partial charge in [-0.15, -0.1) is 29.1 Å². The van der Waals surface area contributed by atoms with Gasteiger partial charge in [-0.1, -0.05) is 196 Å². The molecule has 0 fully saturated rings. The Hall–Kier alpha value is -6.42. The Morgan fingerprint density at radius 3 is 1.81 bits per heavy atom. The topological polar surface area (TPSA) is 33.5 Å². The average molecular weight is 1120 g/mol. The maximum atomic E-state index is 7.30. The normalized spacial score (nSPS) is 14.6. The first-order valence-corrected chi connectivity index (χ1v) is 25.3. The van der Waals surface area contributed by atoms with Gasteiger partial charge in [0.2, 0.25) is 0 Å². The van der Waals surface area contributed by atoms with Crippen LogP contribution in [0, 0.1) is 18.8 Å². The summed E-state index contributed by atoms with van der Waals surface area (Å²) in [4.78, 5) is 9.48. The van der Waals surface area contributed by atoms with Crippen molar-refractivity contribution in [1.29, 1.82) is 0 Å². The van der Waals surface area contributed by atoms with Crippen molar-refractivity contribution in [3.63, 3.8) is 0 Å². The molecule has 0 bridgehead atoms. The quantitative estimate of drug-likeness (QED) is 0.165. The summed E-state index contributed by atoms with van der Waals surface area (Å²) in [6, 6.07) is 56.9. The zero-order valence-electron chi connectivity index (χ0n) is 43.9. The number of pyridine rings is 1. The zero-order chi connectivity index (χ0) is 49.7. The fraction of sp³-hybridized carbons (Fsp3) is 0.273. The molecule has 0 unspecified atom stereocenters. The van der Waals surface area contributed by atoms with Gasteiger partial charge in [-0.25, -0.2) is 4.98 Å². The number of nitrogens with zero attached hydrogens (tertiary/aromatic N) is 4. The second-order valence-electron chi connectivity index (χ2n) is 24.3. The molecule has 1 aliphatic carbocycles. The van der Waals surface area contributed by atoms with E-state index in [1.165, 1.54) is 67.0 Å². The molecule has 1 spiro atoms. The molecule has 7 aromatic carbocycles. The Morgan fingerprint density at radius 1 is 0.569 bits per heavy atom. The first-order valence-electron chi connectivity index (χ1n) is 25.3. The molecule has 5 nitrogen and oxygen atoms in total. The summed E-state index contributed by atoms with van der Waals surface area (Å²) in [6.45, 7) is 30.8. The van der Waals surface area contributed by atoms with Gasteiger partial charge in [-0.05, 0) is 108 Å². The number of benzene rings is 7. The maximum absolute atomic E-state index is 7.30. The Labute approximate surface area is 441 Å². The van der Waals surface area contributed by atoms with Crippen LogP contribution in [0.25, 0.3) is 49.9 Å². The van der Waals surface area contributed by atoms with Crippen molar-refractivity contribution in [1.82, 2.24) is 9.55 Å². The molecule has 72 heavy (non-hydrogen) atoms. The minimum absolute atomic E-state index is 0. The first kappa shape index (κ1) is 47.9. The summed E-state index contributed by atoms with van der Waals surface area (Å²) in [5.74, 6) is 2.07. The maximum Gasteiger partial charge on any atom is 0.135 e. The van der Waals surface area contributed by atoms with E-state index in [1.807, 2.05) is 18.3 Å². The molecule has 366 valence electrons. The van der Waals surface area contributed by atoms with Gasteiger partial charge in [-0.2, -0.15) is 18.8 Å². The monoisotopic (exact) mass is 1120 g/mol. The summed E-state index contributed by atoms with van der Waals surface area (Å²) in [7, 11) is 2.17. The van der Waals surface area contributed by atoms with Crippen LogP contribution in [-0.4, -0.2) is 16.6 Å². The summed E-state index contributed by atoms with van der Waals surface area (Å²) in [6.07, 6.45) is 1.85. The van der Waals surface area contributed by atoms with E-state index in [9.17, 15) is 0 Å². The third kappa shape index (κ3) is 7.08. The summed E-state index contributed by atoms with van der Waals surface area (Å²) < 4.78 is 9.50. The first-order chi connectivity index (χ1) is 33.7. The van der Waals surface area contributed by atoms with E-state index in [0.29, 0.717) is 11.5 Å². The fourth-order valence-corrected chi connectivity index (χ4v) is 11.9. The minimum atomic E-state index is -0.697.